The number of carbonyl (C=O) groups is 2. The number of hydrogen-bond donors (Lipinski definition) is 2. The maximum Gasteiger partial charge on any atom is 0.239 e. The van der Waals surface area contributed by atoms with E-state index in [1.165, 1.54) is 25.7 Å². The van der Waals surface area contributed by atoms with E-state index in [9.17, 15) is 9.59 Å². The lowest BCUT2D eigenvalue weighted by Gasteiger charge is -2.39. The van der Waals surface area contributed by atoms with E-state index in [2.05, 4.69) is 5.32 Å². The van der Waals surface area contributed by atoms with Crippen molar-refractivity contribution in [1.29, 1.82) is 0 Å². The molecule has 0 heterocycles. The molecule has 2 amide bonds. The van der Waals surface area contributed by atoms with Gasteiger partial charge in [-0.05, 0) is 63.7 Å². The van der Waals surface area contributed by atoms with Gasteiger partial charge in [-0.25, -0.2) is 0 Å². The average Bonchev–Trinajstić information content (AvgIpc) is 2.60. The number of nitrogens with two attached hydrogens (primary N) is 1. The van der Waals surface area contributed by atoms with Crippen molar-refractivity contribution < 1.29 is 9.59 Å². The molecule has 0 saturated heterocycles. The molecule has 5 heteroatoms. The average molecular weight is 350 g/mol. The summed E-state index contributed by atoms with van der Waals surface area (Å²) >= 11 is 0. The molecule has 1 atom stereocenters. The number of carbonyl (C=O) groups excluding carboxylic acids is 2. The van der Waals surface area contributed by atoms with Crippen LogP contribution in [0.5, 0.6) is 0 Å². The van der Waals surface area contributed by atoms with E-state index in [1.54, 1.807) is 0 Å². The molecule has 0 aromatic rings. The van der Waals surface area contributed by atoms with Gasteiger partial charge < -0.3 is 16.0 Å². The Bertz CT molecular complexity index is 464. The summed E-state index contributed by atoms with van der Waals surface area (Å²) in [6, 6.07) is 0.308. The molecule has 0 spiro atoms. The molecule has 3 aliphatic carbocycles. The zero-order valence-electron chi connectivity index (χ0n) is 15.7. The van der Waals surface area contributed by atoms with Gasteiger partial charge in [-0.2, -0.15) is 0 Å². The topological polar surface area (TPSA) is 75.4 Å². The van der Waals surface area contributed by atoms with Crippen molar-refractivity contribution in [2.75, 3.05) is 7.05 Å². The molecular formula is C20H35N3O2. The van der Waals surface area contributed by atoms with Crippen molar-refractivity contribution >= 4 is 11.8 Å². The van der Waals surface area contributed by atoms with Crippen LogP contribution < -0.4 is 11.1 Å². The van der Waals surface area contributed by atoms with E-state index in [0.717, 1.165) is 51.4 Å². The van der Waals surface area contributed by atoms with Crippen LogP contribution in [0.3, 0.4) is 0 Å². The fourth-order valence-corrected chi connectivity index (χ4v) is 4.70. The van der Waals surface area contributed by atoms with E-state index in [-0.39, 0.29) is 35.7 Å². The fourth-order valence-electron chi connectivity index (χ4n) is 4.70. The standard InChI is InChI=1S/C20H35N3O2/c1-23(17-8-5-9-17)20(25)18(21)14-10-12-16(13-11-14)22-19(24)15-6-3-2-4-7-15/h14-18H,2-13,21H2,1H3,(H,22,24)/t14?,16?,18-/m0/s1. The van der Waals surface area contributed by atoms with Crippen molar-refractivity contribution in [3.63, 3.8) is 0 Å². The molecule has 25 heavy (non-hydrogen) atoms. The van der Waals surface area contributed by atoms with Crippen LogP contribution in [0.1, 0.15) is 77.0 Å². The third kappa shape index (κ3) is 4.55. The molecule has 3 N–H and O–H groups in total. The highest BCUT2D eigenvalue weighted by Gasteiger charge is 2.35. The SMILES string of the molecule is CN(C(=O)[C@@H](N)C1CCC(NC(=O)C2CCCCC2)CC1)C1CCC1. The molecule has 142 valence electrons. The highest BCUT2D eigenvalue weighted by atomic mass is 16.2. The van der Waals surface area contributed by atoms with E-state index in [0.29, 0.717) is 6.04 Å². The third-order valence-corrected chi connectivity index (χ3v) is 6.86. The molecule has 0 aromatic carbocycles. The zero-order valence-corrected chi connectivity index (χ0v) is 15.7. The van der Waals surface area contributed by atoms with E-state index < -0.39 is 0 Å². The maximum atomic E-state index is 12.6. The Kier molecular flexibility index (Phi) is 6.37. The normalized spacial score (nSPS) is 29.5. The second kappa shape index (κ2) is 8.52. The quantitative estimate of drug-likeness (QED) is 0.801. The van der Waals surface area contributed by atoms with Crippen molar-refractivity contribution in [3.05, 3.63) is 0 Å². The number of hydrogen-bond acceptors (Lipinski definition) is 3. The van der Waals surface area contributed by atoms with E-state index in [4.69, 9.17) is 5.73 Å². The van der Waals surface area contributed by atoms with Crippen LogP contribution in [-0.4, -0.2) is 41.9 Å². The molecular weight excluding hydrogens is 314 g/mol. The lowest BCUT2D eigenvalue weighted by atomic mass is 9.80. The summed E-state index contributed by atoms with van der Waals surface area (Å²) in [5.41, 5.74) is 6.29. The number of rotatable bonds is 5. The van der Waals surface area contributed by atoms with E-state index >= 15 is 0 Å². The molecule has 0 bridgehead atoms. The highest BCUT2D eigenvalue weighted by molar-refractivity contribution is 5.82. The monoisotopic (exact) mass is 349 g/mol. The summed E-state index contributed by atoms with van der Waals surface area (Å²) in [7, 11) is 1.90. The van der Waals surface area contributed by atoms with Gasteiger partial charge in [-0.3, -0.25) is 9.59 Å². The summed E-state index contributed by atoms with van der Waals surface area (Å²) in [6.07, 6.45) is 13.0. The highest BCUT2D eigenvalue weighted by Crippen LogP contribution is 2.30. The minimum Gasteiger partial charge on any atom is -0.353 e. The van der Waals surface area contributed by atoms with Crippen LogP contribution in [0.2, 0.25) is 0 Å². The van der Waals surface area contributed by atoms with Crippen molar-refractivity contribution in [3.8, 4) is 0 Å². The lowest BCUT2D eigenvalue weighted by Crippen LogP contribution is -2.52. The van der Waals surface area contributed by atoms with Gasteiger partial charge in [0.15, 0.2) is 0 Å². The van der Waals surface area contributed by atoms with Gasteiger partial charge in [-0.15, -0.1) is 0 Å². The molecule has 0 aliphatic heterocycles. The van der Waals surface area contributed by atoms with E-state index in [1.807, 2.05) is 11.9 Å². The summed E-state index contributed by atoms with van der Waals surface area (Å²) in [5.74, 6) is 0.858. The molecule has 0 unspecified atom stereocenters. The van der Waals surface area contributed by atoms with Crippen LogP contribution >= 0.6 is 0 Å². The second-order valence-electron chi connectivity index (χ2n) is 8.51. The Morgan fingerprint density at radius 3 is 2.12 bits per heavy atom. The Balaban J connectivity index is 1.41. The van der Waals surface area contributed by atoms with Gasteiger partial charge in [0, 0.05) is 25.0 Å². The maximum absolute atomic E-state index is 12.6. The van der Waals surface area contributed by atoms with Crippen molar-refractivity contribution in [2.45, 2.75) is 95.2 Å². The Morgan fingerprint density at radius 1 is 0.920 bits per heavy atom. The minimum absolute atomic E-state index is 0.111. The molecule has 5 nitrogen and oxygen atoms in total. The number of likely N-dealkylation sites (N-methyl/N-ethyl adjacent to an activating group) is 1. The lowest BCUT2D eigenvalue weighted by molar-refractivity contribution is -0.136. The minimum atomic E-state index is -0.374. The predicted molar refractivity (Wildman–Crippen MR) is 98.8 cm³/mol. The number of amides is 2. The van der Waals surface area contributed by atoms with Crippen LogP contribution in [-0.2, 0) is 9.59 Å². The smallest absolute Gasteiger partial charge is 0.239 e. The molecule has 0 aromatic heterocycles. The Labute approximate surface area is 152 Å². The molecule has 3 rings (SSSR count). The fraction of sp³-hybridized carbons (Fsp3) is 0.900. The van der Waals surface area contributed by atoms with Crippen LogP contribution in [0.15, 0.2) is 0 Å². The zero-order chi connectivity index (χ0) is 17.8. The summed E-state index contributed by atoms with van der Waals surface area (Å²) in [4.78, 5) is 26.9. The van der Waals surface area contributed by atoms with Gasteiger partial charge in [-0.1, -0.05) is 19.3 Å². The molecule has 3 fully saturated rings. The second-order valence-corrected chi connectivity index (χ2v) is 8.51. The summed E-state index contributed by atoms with van der Waals surface area (Å²) in [5, 5.41) is 3.26. The first-order valence-corrected chi connectivity index (χ1v) is 10.4. The molecule has 0 radical (unpaired) electrons. The van der Waals surface area contributed by atoms with Gasteiger partial charge in [0.2, 0.25) is 11.8 Å². The predicted octanol–water partition coefficient (Wildman–Crippen LogP) is 2.58. The third-order valence-electron chi connectivity index (χ3n) is 6.86. The largest absolute Gasteiger partial charge is 0.353 e. The first kappa shape index (κ1) is 18.7. The Hall–Kier alpha value is -1.10. The first-order valence-electron chi connectivity index (χ1n) is 10.4. The first-order chi connectivity index (χ1) is 12.1. The van der Waals surface area contributed by atoms with Gasteiger partial charge in [0.1, 0.15) is 0 Å². The molecule has 3 aliphatic rings. The van der Waals surface area contributed by atoms with Gasteiger partial charge >= 0.3 is 0 Å². The number of nitrogens with zero attached hydrogens (tertiary/aromatic N) is 1. The number of nitrogens with one attached hydrogen (secondary N) is 1. The van der Waals surface area contributed by atoms with Crippen molar-refractivity contribution in [2.24, 2.45) is 17.6 Å². The molecule has 3 saturated carbocycles. The van der Waals surface area contributed by atoms with Crippen LogP contribution in [0, 0.1) is 11.8 Å². The van der Waals surface area contributed by atoms with Crippen molar-refractivity contribution in [1.82, 2.24) is 10.2 Å². The summed E-state index contributed by atoms with van der Waals surface area (Å²) in [6.45, 7) is 0. The van der Waals surface area contributed by atoms with Crippen LogP contribution in [0.25, 0.3) is 0 Å². The van der Waals surface area contributed by atoms with Crippen LogP contribution in [0.4, 0.5) is 0 Å². The van der Waals surface area contributed by atoms with Gasteiger partial charge in [0.05, 0.1) is 6.04 Å². The Morgan fingerprint density at radius 2 is 1.56 bits per heavy atom. The van der Waals surface area contributed by atoms with Gasteiger partial charge in [0.25, 0.3) is 0 Å². The summed E-state index contributed by atoms with van der Waals surface area (Å²) < 4.78 is 0.